The van der Waals surface area contributed by atoms with Crippen LogP contribution in [-0.2, 0) is 17.6 Å². The first kappa shape index (κ1) is 23.0. The first-order valence-electron chi connectivity index (χ1n) is 11.5. The molecular formula is C26H42O2. The second kappa shape index (κ2) is 9.94. The Hall–Kier alpha value is -1.31. The summed E-state index contributed by atoms with van der Waals surface area (Å²) in [6, 6.07) is 4.82. The average molecular weight is 387 g/mol. The van der Waals surface area contributed by atoms with Gasteiger partial charge in [-0.1, -0.05) is 58.6 Å². The number of benzene rings is 1. The van der Waals surface area contributed by atoms with Crippen molar-refractivity contribution in [2.75, 3.05) is 0 Å². The zero-order valence-electron chi connectivity index (χ0n) is 19.0. The monoisotopic (exact) mass is 386 g/mol. The third-order valence-corrected chi connectivity index (χ3v) is 6.60. The summed E-state index contributed by atoms with van der Waals surface area (Å²) in [6.07, 6.45) is 13.6. The van der Waals surface area contributed by atoms with Gasteiger partial charge in [-0.05, 0) is 92.9 Å². The van der Waals surface area contributed by atoms with Crippen LogP contribution in [0.4, 0.5) is 0 Å². The summed E-state index contributed by atoms with van der Waals surface area (Å²) in [5, 5.41) is 9.30. The summed E-state index contributed by atoms with van der Waals surface area (Å²) in [5.41, 5.74) is 5.98. The van der Waals surface area contributed by atoms with Crippen molar-refractivity contribution >= 4 is 5.97 Å². The Labute approximate surface area is 173 Å². The molecule has 0 radical (unpaired) electrons. The van der Waals surface area contributed by atoms with E-state index < -0.39 is 5.97 Å². The highest BCUT2D eigenvalue weighted by Crippen LogP contribution is 2.50. The lowest BCUT2D eigenvalue weighted by Gasteiger charge is -2.18. The molecule has 0 heterocycles. The maximum absolute atomic E-state index is 11.3. The first-order chi connectivity index (χ1) is 13.1. The lowest BCUT2D eigenvalue weighted by molar-refractivity contribution is -0.143. The molecule has 0 spiro atoms. The Balaban J connectivity index is 1.78. The van der Waals surface area contributed by atoms with E-state index in [1.807, 2.05) is 0 Å². The van der Waals surface area contributed by atoms with Crippen molar-refractivity contribution in [1.29, 1.82) is 0 Å². The number of carboxylic acids is 1. The van der Waals surface area contributed by atoms with Crippen LogP contribution in [0.5, 0.6) is 0 Å². The minimum Gasteiger partial charge on any atom is -0.481 e. The average Bonchev–Trinajstić information content (AvgIpc) is 3.38. The van der Waals surface area contributed by atoms with E-state index in [1.165, 1.54) is 55.2 Å². The second-order valence-corrected chi connectivity index (χ2v) is 10.5. The predicted octanol–water partition coefficient (Wildman–Crippen LogP) is 7.42. The van der Waals surface area contributed by atoms with Gasteiger partial charge in [-0.15, -0.1) is 0 Å². The lowest BCUT2D eigenvalue weighted by atomic mass is 9.88. The minimum atomic E-state index is -0.574. The summed E-state index contributed by atoms with van der Waals surface area (Å²) < 4.78 is 0. The molecule has 0 unspecified atom stereocenters. The van der Waals surface area contributed by atoms with Crippen molar-refractivity contribution in [2.24, 2.45) is 10.8 Å². The Morgan fingerprint density at radius 1 is 0.893 bits per heavy atom. The first-order valence-corrected chi connectivity index (χ1v) is 11.5. The molecule has 0 aliphatic heterocycles. The SMILES string of the molecule is Cc1cc(CCCCCC(C)(C)C)c(CCCCCC2(C(=O)O)CC2)cc1C. The molecule has 1 aliphatic carbocycles. The molecular weight excluding hydrogens is 344 g/mol. The highest BCUT2D eigenvalue weighted by Gasteiger charge is 2.49. The molecule has 2 heteroatoms. The van der Waals surface area contributed by atoms with Crippen LogP contribution in [0.2, 0.25) is 0 Å². The highest BCUT2D eigenvalue weighted by atomic mass is 16.4. The number of carbonyl (C=O) groups is 1. The van der Waals surface area contributed by atoms with Crippen LogP contribution in [0.3, 0.4) is 0 Å². The molecule has 1 saturated carbocycles. The molecule has 0 amide bonds. The van der Waals surface area contributed by atoms with E-state index in [0.29, 0.717) is 5.41 Å². The van der Waals surface area contributed by atoms with Crippen LogP contribution in [0.25, 0.3) is 0 Å². The summed E-state index contributed by atoms with van der Waals surface area (Å²) in [6.45, 7) is 11.4. The normalized spacial score (nSPS) is 15.6. The fourth-order valence-corrected chi connectivity index (χ4v) is 4.23. The maximum Gasteiger partial charge on any atom is 0.309 e. The summed E-state index contributed by atoms with van der Waals surface area (Å²) in [5.74, 6) is -0.574. The number of hydrogen-bond donors (Lipinski definition) is 1. The van der Waals surface area contributed by atoms with Crippen molar-refractivity contribution in [3.63, 3.8) is 0 Å². The Bertz CT molecular complexity index is 647. The maximum atomic E-state index is 11.3. The standard InChI is InChI=1S/C26H42O2/c1-20-18-22(12-8-6-10-14-25(3,4)5)23(19-21(20)2)13-9-7-11-15-26(16-17-26)24(27)28/h18-19H,6-17H2,1-5H3,(H,27,28). The van der Waals surface area contributed by atoms with E-state index in [9.17, 15) is 9.90 Å². The number of aliphatic carboxylic acids is 1. The van der Waals surface area contributed by atoms with E-state index in [1.54, 1.807) is 5.56 Å². The molecule has 1 aromatic rings. The van der Waals surface area contributed by atoms with Crippen LogP contribution >= 0.6 is 0 Å². The molecule has 0 saturated heterocycles. The topological polar surface area (TPSA) is 37.3 Å². The zero-order chi connectivity index (χ0) is 20.8. The number of hydrogen-bond acceptors (Lipinski definition) is 1. The lowest BCUT2D eigenvalue weighted by Crippen LogP contribution is -2.14. The molecule has 0 bridgehead atoms. The Morgan fingerprint density at radius 3 is 1.82 bits per heavy atom. The number of unbranched alkanes of at least 4 members (excludes halogenated alkanes) is 4. The van der Waals surface area contributed by atoms with Crippen molar-refractivity contribution in [3.05, 3.63) is 34.4 Å². The summed E-state index contributed by atoms with van der Waals surface area (Å²) in [7, 11) is 0. The fourth-order valence-electron chi connectivity index (χ4n) is 4.23. The van der Waals surface area contributed by atoms with Crippen LogP contribution in [-0.4, -0.2) is 11.1 Å². The van der Waals surface area contributed by atoms with Gasteiger partial charge in [0.05, 0.1) is 5.41 Å². The molecule has 0 aromatic heterocycles. The molecule has 158 valence electrons. The quantitative estimate of drug-likeness (QED) is 0.379. The van der Waals surface area contributed by atoms with Gasteiger partial charge in [-0.25, -0.2) is 0 Å². The molecule has 1 N–H and O–H groups in total. The van der Waals surface area contributed by atoms with Crippen molar-refractivity contribution in [2.45, 2.75) is 112 Å². The third kappa shape index (κ3) is 7.26. The van der Waals surface area contributed by atoms with Gasteiger partial charge >= 0.3 is 5.97 Å². The van der Waals surface area contributed by atoms with Gasteiger partial charge in [-0.3, -0.25) is 4.79 Å². The van der Waals surface area contributed by atoms with Crippen LogP contribution in [0.1, 0.15) is 107 Å². The summed E-state index contributed by atoms with van der Waals surface area (Å²) in [4.78, 5) is 11.3. The predicted molar refractivity (Wildman–Crippen MR) is 119 cm³/mol. The largest absolute Gasteiger partial charge is 0.481 e. The van der Waals surface area contributed by atoms with E-state index in [0.717, 1.165) is 38.5 Å². The van der Waals surface area contributed by atoms with E-state index in [4.69, 9.17) is 0 Å². The van der Waals surface area contributed by atoms with Gasteiger partial charge in [0.2, 0.25) is 0 Å². The van der Waals surface area contributed by atoms with Gasteiger partial charge < -0.3 is 5.11 Å². The van der Waals surface area contributed by atoms with Crippen molar-refractivity contribution < 1.29 is 9.90 Å². The third-order valence-electron chi connectivity index (χ3n) is 6.60. The molecule has 2 nitrogen and oxygen atoms in total. The Kier molecular flexibility index (Phi) is 8.16. The van der Waals surface area contributed by atoms with Gasteiger partial charge in [0.25, 0.3) is 0 Å². The number of aryl methyl sites for hydroxylation is 4. The smallest absolute Gasteiger partial charge is 0.309 e. The molecule has 1 aromatic carbocycles. The Morgan fingerprint density at radius 2 is 1.39 bits per heavy atom. The summed E-state index contributed by atoms with van der Waals surface area (Å²) >= 11 is 0. The molecule has 28 heavy (non-hydrogen) atoms. The van der Waals surface area contributed by atoms with Gasteiger partial charge in [0.1, 0.15) is 0 Å². The second-order valence-electron chi connectivity index (χ2n) is 10.5. The van der Waals surface area contributed by atoms with Crippen LogP contribution < -0.4 is 0 Å². The van der Waals surface area contributed by atoms with E-state index in [-0.39, 0.29) is 5.41 Å². The number of rotatable bonds is 12. The number of carboxylic acid groups (broad SMARTS) is 1. The highest BCUT2D eigenvalue weighted by molar-refractivity contribution is 5.77. The van der Waals surface area contributed by atoms with Gasteiger partial charge in [0, 0.05) is 0 Å². The van der Waals surface area contributed by atoms with Crippen LogP contribution in [0, 0.1) is 24.7 Å². The molecule has 1 aliphatic rings. The van der Waals surface area contributed by atoms with Crippen LogP contribution in [0.15, 0.2) is 12.1 Å². The fraction of sp³-hybridized carbons (Fsp3) is 0.731. The van der Waals surface area contributed by atoms with E-state index >= 15 is 0 Å². The van der Waals surface area contributed by atoms with Gasteiger partial charge in [0.15, 0.2) is 0 Å². The van der Waals surface area contributed by atoms with Gasteiger partial charge in [-0.2, -0.15) is 0 Å². The van der Waals surface area contributed by atoms with E-state index in [2.05, 4.69) is 46.8 Å². The van der Waals surface area contributed by atoms with Crippen molar-refractivity contribution in [3.8, 4) is 0 Å². The minimum absolute atomic E-state index is 0.349. The molecule has 1 fully saturated rings. The molecule has 0 atom stereocenters. The van der Waals surface area contributed by atoms with Crippen molar-refractivity contribution in [1.82, 2.24) is 0 Å². The zero-order valence-corrected chi connectivity index (χ0v) is 19.0. The molecule has 2 rings (SSSR count).